The predicted molar refractivity (Wildman–Crippen MR) is 328 cm³/mol. The molecule has 2 aliphatic rings. The third-order valence-corrected chi connectivity index (χ3v) is 15.5. The van der Waals surface area contributed by atoms with Crippen molar-refractivity contribution in [2.24, 2.45) is 0 Å². The number of fused-ring (bicyclic) bond motifs is 24. The molecule has 0 spiro atoms. The molecule has 5 heterocycles. The number of aromatic amines is 2. The normalized spacial score (nSPS) is 12.0. The van der Waals surface area contributed by atoms with Gasteiger partial charge in [-0.25, -0.2) is 29.9 Å². The van der Waals surface area contributed by atoms with E-state index in [-0.39, 0.29) is 0 Å². The van der Waals surface area contributed by atoms with Crippen LogP contribution in [0, 0.1) is 0 Å². The summed E-state index contributed by atoms with van der Waals surface area (Å²) in [5.74, 6) is 5.11. The number of hydrogen-bond donors (Lipinski definition) is 2. The second-order valence-electron chi connectivity index (χ2n) is 21.1. The molecular weight excluding hydrogens is 1010 g/mol. The Morgan fingerprint density at radius 2 is 0.642 bits per heavy atom. The zero-order valence-corrected chi connectivity index (χ0v) is 46.8. The number of aromatic nitrogens is 8. The number of rotatable bonds is 20. The van der Waals surface area contributed by atoms with Crippen LogP contribution in [0.1, 0.15) is 98.8 Å². The summed E-state index contributed by atoms with van der Waals surface area (Å²) in [5, 5.41) is 10.8. The third kappa shape index (κ3) is 9.22. The van der Waals surface area contributed by atoms with Crippen LogP contribution >= 0.6 is 0 Å². The Balaban J connectivity index is 1.26. The van der Waals surface area contributed by atoms with Gasteiger partial charge in [0.25, 0.3) is 0 Å². The van der Waals surface area contributed by atoms with Gasteiger partial charge < -0.3 is 33.7 Å². The Kier molecular flexibility index (Phi) is 14.2. The van der Waals surface area contributed by atoms with Gasteiger partial charge in [-0.3, -0.25) is 0 Å². The molecule has 3 aromatic heterocycles. The van der Waals surface area contributed by atoms with Crippen molar-refractivity contribution < 1.29 is 23.7 Å². The second-order valence-corrected chi connectivity index (χ2v) is 21.1. The first-order valence-corrected chi connectivity index (χ1v) is 29.2. The van der Waals surface area contributed by atoms with Gasteiger partial charge in [0.2, 0.25) is 0 Å². The predicted octanol–water partition coefficient (Wildman–Crippen LogP) is 17.4. The van der Waals surface area contributed by atoms with Crippen LogP contribution in [0.3, 0.4) is 0 Å². The minimum absolute atomic E-state index is 0.396. The fourth-order valence-corrected chi connectivity index (χ4v) is 11.3. The zero-order chi connectivity index (χ0) is 55.0. The van der Waals surface area contributed by atoms with E-state index in [1.807, 2.05) is 24.3 Å². The Hall–Kier alpha value is -8.84. The Bertz CT molecular complexity index is 4420. The van der Waals surface area contributed by atoms with Crippen molar-refractivity contribution in [1.82, 2.24) is 39.9 Å². The second kappa shape index (κ2) is 22.4. The van der Waals surface area contributed by atoms with Crippen LogP contribution in [0.2, 0.25) is 0 Å². The van der Waals surface area contributed by atoms with Gasteiger partial charge in [0.1, 0.15) is 51.3 Å². The van der Waals surface area contributed by atoms with Gasteiger partial charge in [-0.1, -0.05) is 164 Å². The molecule has 0 aliphatic carbocycles. The molecule has 408 valence electrons. The minimum Gasteiger partial charge on any atom is -0.492 e. The van der Waals surface area contributed by atoms with Crippen molar-refractivity contribution >= 4 is 87.2 Å². The molecule has 0 fully saturated rings. The average molecular weight is 1080 g/mol. The maximum atomic E-state index is 7.04. The molecule has 0 saturated heterocycles. The van der Waals surface area contributed by atoms with E-state index in [9.17, 15) is 0 Å². The van der Waals surface area contributed by atoms with Crippen LogP contribution < -0.4 is 23.7 Å². The molecule has 13 heteroatoms. The number of ether oxygens (including phenoxy) is 5. The van der Waals surface area contributed by atoms with Gasteiger partial charge in [0, 0.05) is 43.3 Å². The first-order valence-electron chi connectivity index (χ1n) is 29.2. The first kappa shape index (κ1) is 51.6. The van der Waals surface area contributed by atoms with Crippen molar-refractivity contribution in [3.8, 4) is 74.3 Å². The molecule has 81 heavy (non-hydrogen) atoms. The first-order chi connectivity index (χ1) is 40.0. The third-order valence-electron chi connectivity index (χ3n) is 15.5. The lowest BCUT2D eigenvalue weighted by molar-refractivity contribution is 0.308. The number of benzene rings is 8. The molecule has 0 radical (unpaired) electrons. The summed E-state index contributed by atoms with van der Waals surface area (Å²) < 4.78 is 35.0. The van der Waals surface area contributed by atoms with Gasteiger partial charge in [-0.2, -0.15) is 0 Å². The van der Waals surface area contributed by atoms with Gasteiger partial charge in [-0.15, -0.1) is 0 Å². The van der Waals surface area contributed by atoms with Crippen LogP contribution in [-0.4, -0.2) is 72.9 Å². The smallest absolute Gasteiger partial charge is 0.168 e. The number of hydrogen-bond acceptors (Lipinski definition) is 11. The Morgan fingerprint density at radius 1 is 0.309 bits per heavy atom. The van der Waals surface area contributed by atoms with Gasteiger partial charge >= 0.3 is 0 Å². The summed E-state index contributed by atoms with van der Waals surface area (Å²) in [6, 6.07) is 39.8. The fraction of sp³-hybridized carbons (Fsp3) is 0.294. The minimum atomic E-state index is 0.396. The lowest BCUT2D eigenvalue weighted by atomic mass is 9.98. The quantitative estimate of drug-likeness (QED) is 0.0701. The molecule has 2 N–H and O–H groups in total. The highest BCUT2D eigenvalue weighted by Gasteiger charge is 2.34. The van der Waals surface area contributed by atoms with Gasteiger partial charge in [0.15, 0.2) is 23.3 Å². The SMILES string of the molecule is CCCCOc1c2c(cc3ccccc13)-c1nc-2nc2[nH]c(nc3nc(nc4[nH]c(n1)c1cc5ccccc5cc41)-c1c-3c(OCCCC)c3ccccc3c1OCCCC)c1c(OCCCC)c3ccccc3c(OCCCC)c21. The highest BCUT2D eigenvalue weighted by atomic mass is 16.5. The molecule has 11 aromatic rings. The highest BCUT2D eigenvalue weighted by Crippen LogP contribution is 2.54. The number of unbranched alkanes of at least 4 members (excludes halogenated alkanes) is 5. The van der Waals surface area contributed by atoms with Crippen LogP contribution in [0.15, 0.2) is 115 Å². The maximum Gasteiger partial charge on any atom is 0.168 e. The van der Waals surface area contributed by atoms with E-state index in [0.717, 1.165) is 129 Å². The molecule has 2 aliphatic heterocycles. The molecule has 0 atom stereocenters. The van der Waals surface area contributed by atoms with E-state index in [2.05, 4.69) is 136 Å². The Labute approximate surface area is 470 Å². The van der Waals surface area contributed by atoms with E-state index in [1.54, 1.807) is 0 Å². The van der Waals surface area contributed by atoms with E-state index in [1.165, 1.54) is 0 Å². The van der Waals surface area contributed by atoms with Gasteiger partial charge in [0.05, 0.1) is 60.5 Å². The van der Waals surface area contributed by atoms with E-state index >= 15 is 0 Å². The maximum absolute atomic E-state index is 7.04. The molecule has 13 nitrogen and oxygen atoms in total. The summed E-state index contributed by atoms with van der Waals surface area (Å²) in [6.45, 7) is 13.3. The van der Waals surface area contributed by atoms with Crippen molar-refractivity contribution in [3.05, 3.63) is 115 Å². The van der Waals surface area contributed by atoms with E-state index in [4.69, 9.17) is 53.6 Å². The van der Waals surface area contributed by atoms with E-state index in [0.29, 0.717) is 130 Å². The average Bonchev–Trinajstić information content (AvgIpc) is 3.63. The lowest BCUT2D eigenvalue weighted by Gasteiger charge is -2.18. The summed E-state index contributed by atoms with van der Waals surface area (Å²) in [5.41, 5.74) is 5.05. The van der Waals surface area contributed by atoms with Crippen LogP contribution in [0.4, 0.5) is 0 Å². The van der Waals surface area contributed by atoms with Crippen molar-refractivity contribution in [1.29, 1.82) is 0 Å². The van der Waals surface area contributed by atoms with Crippen molar-refractivity contribution in [3.63, 3.8) is 0 Å². The van der Waals surface area contributed by atoms with E-state index < -0.39 is 0 Å². The van der Waals surface area contributed by atoms with Gasteiger partial charge in [-0.05, 0) is 66.5 Å². The molecule has 0 unspecified atom stereocenters. The summed E-state index contributed by atoms with van der Waals surface area (Å²) in [7, 11) is 0. The van der Waals surface area contributed by atoms with Crippen LogP contribution in [0.25, 0.3) is 133 Å². The molecule has 8 bridgehead atoms. The number of H-pyrrole nitrogens is 2. The monoisotopic (exact) mass is 1070 g/mol. The standard InChI is InChI=1S/C68H66N8O5/c1-6-11-32-77-56-43-27-19-18-26-42(43)39-50-51(56)64-72-63(50)70-61-48-37-40-24-16-17-25-41(40)38-49(48)62(69-61)71-65-52-53(58(79-34-13-8-3)45-29-21-20-28-44(45)57(52)78-33-12-7-2)67(74-65)76-68-55-54(66(73-64)75-68)59(80-35-14-9-4)46-30-22-23-31-47(46)60(55)81-36-15-10-5/h16-31,37-39H,6-15,32-36H2,1-5H3,(H2,69,70,71,72,73,74,75,76). The molecular formula is C68H66N8O5. The van der Waals surface area contributed by atoms with Crippen molar-refractivity contribution in [2.45, 2.75) is 98.8 Å². The highest BCUT2D eigenvalue weighted by molar-refractivity contribution is 6.21. The molecule has 8 aromatic carbocycles. The lowest BCUT2D eigenvalue weighted by Crippen LogP contribution is -2.04. The Morgan fingerprint density at radius 3 is 1.10 bits per heavy atom. The number of nitrogens with zero attached hydrogens (tertiary/aromatic N) is 6. The largest absolute Gasteiger partial charge is 0.492 e. The zero-order valence-electron chi connectivity index (χ0n) is 46.8. The number of nitrogens with one attached hydrogen (secondary N) is 2. The molecule has 0 amide bonds. The summed E-state index contributed by atoms with van der Waals surface area (Å²) in [4.78, 5) is 41.1. The van der Waals surface area contributed by atoms with Crippen molar-refractivity contribution in [2.75, 3.05) is 33.0 Å². The molecule has 0 saturated carbocycles. The topological polar surface area (TPSA) is 155 Å². The van der Waals surface area contributed by atoms with Crippen LogP contribution in [0.5, 0.6) is 28.7 Å². The summed E-state index contributed by atoms with van der Waals surface area (Å²) in [6.07, 6.45) is 9.05. The van der Waals surface area contributed by atoms with Crippen LogP contribution in [-0.2, 0) is 0 Å². The molecule has 13 rings (SSSR count). The fourth-order valence-electron chi connectivity index (χ4n) is 11.3. The summed E-state index contributed by atoms with van der Waals surface area (Å²) >= 11 is 0.